The molecule has 1 aliphatic heterocycles. The van der Waals surface area contributed by atoms with Crippen LogP contribution < -0.4 is 0 Å². The minimum Gasteiger partial charge on any atom is -0.339 e. The van der Waals surface area contributed by atoms with Gasteiger partial charge in [-0.05, 0) is 43.1 Å². The molecule has 0 bridgehead atoms. The van der Waals surface area contributed by atoms with Gasteiger partial charge in [-0.3, -0.25) is 4.79 Å². The Morgan fingerprint density at radius 3 is 2.44 bits per heavy atom. The molecule has 0 spiro atoms. The number of carbonyl (C=O) groups excluding carboxylic acids is 1. The van der Waals surface area contributed by atoms with E-state index in [-0.39, 0.29) is 0 Å². The van der Waals surface area contributed by atoms with Gasteiger partial charge in [0.1, 0.15) is 0 Å². The molecule has 2 nitrogen and oxygen atoms in total. The maximum atomic E-state index is 12.5. The number of carbonyl (C=O) groups is 1. The Kier molecular flexibility index (Phi) is 8.40. The zero-order valence-corrected chi connectivity index (χ0v) is 14.1. The second kappa shape index (κ2) is 9.24. The molecule has 0 N–H and O–H groups in total. The van der Waals surface area contributed by atoms with Gasteiger partial charge >= 0.3 is 0 Å². The summed E-state index contributed by atoms with van der Waals surface area (Å²) in [6.07, 6.45) is 5.35. The van der Waals surface area contributed by atoms with Crippen LogP contribution in [0.4, 0.5) is 0 Å². The average molecular weight is 336 g/mol. The van der Waals surface area contributed by atoms with Crippen molar-refractivity contribution in [2.75, 3.05) is 23.4 Å². The van der Waals surface area contributed by atoms with Gasteiger partial charge < -0.3 is 4.90 Å². The number of hydrogen-bond acceptors (Lipinski definition) is 2. The number of nitrogens with zero attached hydrogens (tertiary/aromatic N) is 1. The summed E-state index contributed by atoms with van der Waals surface area (Å²) < 4.78 is 0. The molecule has 1 saturated heterocycles. The number of amides is 1. The van der Waals surface area contributed by atoms with E-state index in [1.807, 2.05) is 11.8 Å². The highest BCUT2D eigenvalue weighted by Gasteiger charge is 2.24. The topological polar surface area (TPSA) is 20.3 Å². The van der Waals surface area contributed by atoms with Gasteiger partial charge in [-0.25, -0.2) is 0 Å². The van der Waals surface area contributed by atoms with E-state index in [2.05, 4.69) is 34.7 Å². The Bertz CT molecular complexity index is 240. The summed E-state index contributed by atoms with van der Waals surface area (Å²) in [5.41, 5.74) is 0. The Labute approximate surface area is 124 Å². The van der Waals surface area contributed by atoms with Crippen molar-refractivity contribution in [2.45, 2.75) is 52.0 Å². The summed E-state index contributed by atoms with van der Waals surface area (Å²) in [6, 6.07) is 0.424. The smallest absolute Gasteiger partial charge is 0.223 e. The summed E-state index contributed by atoms with van der Waals surface area (Å²) in [5.74, 6) is 3.48. The highest BCUT2D eigenvalue weighted by atomic mass is 79.9. The molecule has 0 aliphatic carbocycles. The second-order valence-electron chi connectivity index (χ2n) is 5.01. The van der Waals surface area contributed by atoms with Crippen LogP contribution >= 0.6 is 27.7 Å². The molecule has 0 saturated carbocycles. The molecule has 1 aliphatic rings. The molecule has 1 rings (SSSR count). The van der Waals surface area contributed by atoms with E-state index in [1.54, 1.807) is 0 Å². The number of hydrogen-bond donors (Lipinski definition) is 0. The molecule has 0 aromatic heterocycles. The predicted octanol–water partition coefficient (Wildman–Crippen LogP) is 3.93. The fourth-order valence-electron chi connectivity index (χ4n) is 2.65. The van der Waals surface area contributed by atoms with Crippen molar-refractivity contribution in [3.63, 3.8) is 0 Å². The summed E-state index contributed by atoms with van der Waals surface area (Å²) in [7, 11) is 0. The summed E-state index contributed by atoms with van der Waals surface area (Å²) >= 11 is 5.50. The van der Waals surface area contributed by atoms with Crippen LogP contribution in [0.5, 0.6) is 0 Å². The van der Waals surface area contributed by atoms with E-state index in [1.165, 1.54) is 24.3 Å². The summed E-state index contributed by atoms with van der Waals surface area (Å²) in [5, 5.41) is 0.885. The van der Waals surface area contributed by atoms with E-state index in [4.69, 9.17) is 0 Å². The minimum absolute atomic E-state index is 0.375. The molecule has 1 amide bonds. The lowest BCUT2D eigenvalue weighted by atomic mass is 9.97. The van der Waals surface area contributed by atoms with Gasteiger partial charge in [0.25, 0.3) is 0 Å². The molecular weight excluding hydrogens is 310 g/mol. The maximum absolute atomic E-state index is 12.5. The average Bonchev–Trinajstić information content (AvgIpc) is 2.40. The van der Waals surface area contributed by atoms with Gasteiger partial charge in [-0.1, -0.05) is 29.8 Å². The molecule has 4 heteroatoms. The highest BCUT2D eigenvalue weighted by molar-refractivity contribution is 9.09. The molecule has 0 aromatic rings. The highest BCUT2D eigenvalue weighted by Crippen LogP contribution is 2.26. The van der Waals surface area contributed by atoms with Gasteiger partial charge in [0.05, 0.1) is 0 Å². The van der Waals surface area contributed by atoms with E-state index in [0.29, 0.717) is 17.9 Å². The van der Waals surface area contributed by atoms with Gasteiger partial charge in [0.2, 0.25) is 5.91 Å². The van der Waals surface area contributed by atoms with Crippen LogP contribution in [-0.2, 0) is 4.79 Å². The Hall–Kier alpha value is 0.300. The molecule has 0 aromatic carbocycles. The number of thioether (sulfide) groups is 1. The van der Waals surface area contributed by atoms with Crippen molar-refractivity contribution in [2.24, 2.45) is 5.92 Å². The lowest BCUT2D eigenvalue weighted by Crippen LogP contribution is -2.41. The van der Waals surface area contributed by atoms with E-state index >= 15 is 0 Å². The third-order valence-corrected chi connectivity index (χ3v) is 5.24. The monoisotopic (exact) mass is 335 g/mol. The Morgan fingerprint density at radius 2 is 1.94 bits per heavy atom. The van der Waals surface area contributed by atoms with E-state index in [0.717, 1.165) is 31.1 Å². The van der Waals surface area contributed by atoms with Crippen molar-refractivity contribution in [1.29, 1.82) is 0 Å². The third kappa shape index (κ3) is 5.12. The first-order valence-electron chi connectivity index (χ1n) is 7.16. The third-order valence-electron chi connectivity index (χ3n) is 3.83. The Morgan fingerprint density at radius 1 is 1.33 bits per heavy atom. The Balaban J connectivity index is 2.52. The quantitative estimate of drug-likeness (QED) is 0.657. The minimum atomic E-state index is 0.375. The molecule has 106 valence electrons. The molecule has 18 heavy (non-hydrogen) atoms. The second-order valence-corrected chi connectivity index (χ2v) is 7.02. The first-order valence-corrected chi connectivity index (χ1v) is 9.43. The van der Waals surface area contributed by atoms with Crippen LogP contribution in [0.3, 0.4) is 0 Å². The van der Waals surface area contributed by atoms with Crippen molar-refractivity contribution in [3.05, 3.63) is 0 Å². The van der Waals surface area contributed by atoms with Crippen LogP contribution in [0, 0.1) is 5.92 Å². The molecule has 1 fully saturated rings. The largest absolute Gasteiger partial charge is 0.339 e. The zero-order valence-electron chi connectivity index (χ0n) is 11.7. The molecule has 0 unspecified atom stereocenters. The first kappa shape index (κ1) is 16.4. The fourth-order valence-corrected chi connectivity index (χ4v) is 4.23. The van der Waals surface area contributed by atoms with Crippen molar-refractivity contribution < 1.29 is 4.79 Å². The summed E-state index contributed by atoms with van der Waals surface area (Å²) in [4.78, 5) is 14.6. The standard InChI is InChI=1S/C14H26BrNOS/c1-3-13(4-2)16(8-7-15)14(17)11-12-5-9-18-10-6-12/h12-13H,3-11H2,1-2H3. The van der Waals surface area contributed by atoms with Crippen LogP contribution in [0.2, 0.25) is 0 Å². The number of rotatable bonds is 7. The normalized spacial score (nSPS) is 17.1. The van der Waals surface area contributed by atoms with Crippen molar-refractivity contribution in [1.82, 2.24) is 4.90 Å². The summed E-state index contributed by atoms with van der Waals surface area (Å²) in [6.45, 7) is 5.21. The lowest BCUT2D eigenvalue weighted by Gasteiger charge is -2.32. The van der Waals surface area contributed by atoms with Crippen LogP contribution in [0.15, 0.2) is 0 Å². The molecule has 0 atom stereocenters. The van der Waals surface area contributed by atoms with Gasteiger partial charge in [-0.2, -0.15) is 11.8 Å². The van der Waals surface area contributed by atoms with E-state index in [9.17, 15) is 4.79 Å². The molecule has 0 radical (unpaired) electrons. The molecule has 1 heterocycles. The van der Waals surface area contributed by atoms with Crippen molar-refractivity contribution >= 4 is 33.6 Å². The van der Waals surface area contributed by atoms with Crippen LogP contribution in [0.1, 0.15) is 46.0 Å². The van der Waals surface area contributed by atoms with Gasteiger partial charge in [-0.15, -0.1) is 0 Å². The van der Waals surface area contributed by atoms with E-state index < -0.39 is 0 Å². The predicted molar refractivity (Wildman–Crippen MR) is 84.5 cm³/mol. The van der Waals surface area contributed by atoms with Gasteiger partial charge in [0.15, 0.2) is 0 Å². The van der Waals surface area contributed by atoms with Crippen LogP contribution in [-0.4, -0.2) is 40.2 Å². The first-order chi connectivity index (χ1) is 8.72. The van der Waals surface area contributed by atoms with Crippen LogP contribution in [0.25, 0.3) is 0 Å². The van der Waals surface area contributed by atoms with Crippen molar-refractivity contribution in [3.8, 4) is 0 Å². The SMILES string of the molecule is CCC(CC)N(CCBr)C(=O)CC1CCSCC1. The number of alkyl halides is 1. The zero-order chi connectivity index (χ0) is 13.4. The lowest BCUT2D eigenvalue weighted by molar-refractivity contribution is -0.134. The number of halogens is 1. The molecular formula is C14H26BrNOS. The maximum Gasteiger partial charge on any atom is 0.223 e. The fraction of sp³-hybridized carbons (Fsp3) is 0.929. The van der Waals surface area contributed by atoms with Gasteiger partial charge in [0, 0.05) is 24.3 Å².